The van der Waals surface area contributed by atoms with Crippen LogP contribution in [0.3, 0.4) is 0 Å². The molecular weight excluding hydrogens is 416 g/mol. The van der Waals surface area contributed by atoms with Gasteiger partial charge in [0.05, 0.1) is 5.69 Å². The summed E-state index contributed by atoms with van der Waals surface area (Å²) in [7, 11) is 1.85. The monoisotopic (exact) mass is 442 g/mol. The number of nitrogens with zero attached hydrogens (tertiary/aromatic N) is 3. The van der Waals surface area contributed by atoms with Crippen molar-refractivity contribution in [2.75, 3.05) is 11.9 Å². The molecule has 9 heteroatoms. The number of fused-ring (bicyclic) bond motifs is 1. The summed E-state index contributed by atoms with van der Waals surface area (Å²) < 4.78 is 1.54. The minimum Gasteiger partial charge on any atom is -0.384 e. The van der Waals surface area contributed by atoms with Gasteiger partial charge in [0, 0.05) is 30.6 Å². The Morgan fingerprint density at radius 3 is 2.58 bits per heavy atom. The van der Waals surface area contributed by atoms with Gasteiger partial charge in [-0.15, -0.1) is 0 Å². The van der Waals surface area contributed by atoms with E-state index in [1.54, 1.807) is 12.1 Å². The molecule has 4 rings (SSSR count). The van der Waals surface area contributed by atoms with E-state index in [0.717, 1.165) is 18.4 Å². The number of benzene rings is 1. The van der Waals surface area contributed by atoms with E-state index in [2.05, 4.69) is 10.3 Å². The smallest absolute Gasteiger partial charge is 0.294 e. The third kappa shape index (κ3) is 3.92. The molecule has 1 fully saturated rings. The number of carbonyl (C=O) groups excluding carboxylic acids is 1. The van der Waals surface area contributed by atoms with Gasteiger partial charge >= 0.3 is 0 Å². The SMILES string of the molecule is CN(c1nc(Cl)c2n(c1=O)[C@H](C(=O)NCc1ccc(C(=N)N)cc1)CC2(C)C)C1CC1. The van der Waals surface area contributed by atoms with Crippen LogP contribution in [-0.2, 0) is 16.8 Å². The number of rotatable bonds is 6. The second-order valence-corrected chi connectivity index (χ2v) is 9.38. The zero-order valence-electron chi connectivity index (χ0n) is 17.9. The number of nitrogen functional groups attached to an aromatic ring is 1. The van der Waals surface area contributed by atoms with E-state index in [0.29, 0.717) is 36.1 Å². The van der Waals surface area contributed by atoms with Crippen LogP contribution in [0.25, 0.3) is 0 Å². The summed E-state index contributed by atoms with van der Waals surface area (Å²) in [5.41, 5.74) is 6.87. The molecular formula is C22H27ClN6O2. The van der Waals surface area contributed by atoms with Crippen molar-refractivity contribution in [3.63, 3.8) is 0 Å². The molecule has 0 spiro atoms. The van der Waals surface area contributed by atoms with Crippen molar-refractivity contribution in [1.29, 1.82) is 5.41 Å². The highest BCUT2D eigenvalue weighted by atomic mass is 35.5. The molecule has 1 aliphatic carbocycles. The van der Waals surface area contributed by atoms with Crippen LogP contribution in [0, 0.1) is 5.41 Å². The molecule has 2 heterocycles. The van der Waals surface area contributed by atoms with Crippen molar-refractivity contribution in [3.8, 4) is 0 Å². The maximum atomic E-state index is 13.4. The molecule has 1 aromatic heterocycles. The minimum absolute atomic E-state index is 0.00258. The highest BCUT2D eigenvalue weighted by Gasteiger charge is 2.44. The van der Waals surface area contributed by atoms with Crippen LogP contribution in [0.1, 0.15) is 56.0 Å². The van der Waals surface area contributed by atoms with Gasteiger partial charge in [-0.05, 0) is 24.8 Å². The van der Waals surface area contributed by atoms with Crippen molar-refractivity contribution in [2.24, 2.45) is 5.73 Å². The molecule has 2 aromatic rings. The Hall–Kier alpha value is -2.87. The molecule has 1 aliphatic heterocycles. The number of amidine groups is 1. The van der Waals surface area contributed by atoms with Gasteiger partial charge in [-0.2, -0.15) is 0 Å². The summed E-state index contributed by atoms with van der Waals surface area (Å²) in [6.07, 6.45) is 2.51. The van der Waals surface area contributed by atoms with Gasteiger partial charge in [0.15, 0.2) is 11.0 Å². The van der Waals surface area contributed by atoms with E-state index in [4.69, 9.17) is 22.7 Å². The van der Waals surface area contributed by atoms with Crippen molar-refractivity contribution in [2.45, 2.75) is 57.2 Å². The molecule has 0 unspecified atom stereocenters. The third-order valence-corrected chi connectivity index (χ3v) is 6.43. The molecule has 8 nitrogen and oxygen atoms in total. The molecule has 31 heavy (non-hydrogen) atoms. The summed E-state index contributed by atoms with van der Waals surface area (Å²) in [4.78, 5) is 32.8. The number of anilines is 1. The normalized spacial score (nSPS) is 19.0. The zero-order valence-corrected chi connectivity index (χ0v) is 18.7. The second-order valence-electron chi connectivity index (χ2n) is 9.02. The van der Waals surface area contributed by atoms with Crippen molar-refractivity contribution < 1.29 is 4.79 Å². The number of hydrogen-bond donors (Lipinski definition) is 3. The number of aromatic nitrogens is 2. The van der Waals surface area contributed by atoms with Crippen molar-refractivity contribution in [3.05, 3.63) is 56.6 Å². The van der Waals surface area contributed by atoms with Gasteiger partial charge in [-0.3, -0.25) is 19.6 Å². The molecule has 0 saturated heterocycles. The molecule has 164 valence electrons. The Morgan fingerprint density at radius 1 is 1.35 bits per heavy atom. The summed E-state index contributed by atoms with van der Waals surface area (Å²) in [6, 6.07) is 6.77. The molecule has 4 N–H and O–H groups in total. The van der Waals surface area contributed by atoms with Crippen LogP contribution in [0.5, 0.6) is 0 Å². The fraction of sp³-hybridized carbons (Fsp3) is 0.455. The Bertz CT molecular complexity index is 1100. The Balaban J connectivity index is 1.61. The molecule has 0 radical (unpaired) electrons. The van der Waals surface area contributed by atoms with Crippen LogP contribution >= 0.6 is 11.6 Å². The van der Waals surface area contributed by atoms with Gasteiger partial charge in [0.1, 0.15) is 11.9 Å². The number of halogens is 1. The van der Waals surface area contributed by atoms with E-state index in [9.17, 15) is 9.59 Å². The van der Waals surface area contributed by atoms with Crippen LogP contribution in [0.2, 0.25) is 5.15 Å². The first-order valence-corrected chi connectivity index (χ1v) is 10.7. The molecule has 1 aromatic carbocycles. The van der Waals surface area contributed by atoms with E-state index in [1.165, 1.54) is 4.57 Å². The van der Waals surface area contributed by atoms with E-state index < -0.39 is 11.5 Å². The largest absolute Gasteiger partial charge is 0.384 e. The molecule has 1 saturated carbocycles. The number of amides is 1. The minimum atomic E-state index is -0.652. The summed E-state index contributed by atoms with van der Waals surface area (Å²) in [5.74, 6) is 0.0654. The van der Waals surface area contributed by atoms with Gasteiger partial charge in [-0.25, -0.2) is 4.98 Å². The summed E-state index contributed by atoms with van der Waals surface area (Å²) in [5, 5.41) is 10.7. The number of nitrogens with one attached hydrogen (secondary N) is 2. The lowest BCUT2D eigenvalue weighted by Crippen LogP contribution is -2.38. The Labute approximate surface area is 185 Å². The van der Waals surface area contributed by atoms with Crippen molar-refractivity contribution >= 4 is 29.2 Å². The van der Waals surface area contributed by atoms with Gasteiger partial charge in [-0.1, -0.05) is 49.7 Å². The second kappa shape index (κ2) is 7.67. The van der Waals surface area contributed by atoms with Crippen LogP contribution in [-0.4, -0.2) is 34.4 Å². The quantitative estimate of drug-likeness (QED) is 0.468. The predicted molar refractivity (Wildman–Crippen MR) is 121 cm³/mol. The highest BCUT2D eigenvalue weighted by Crippen LogP contribution is 2.43. The molecule has 1 amide bonds. The zero-order chi connectivity index (χ0) is 22.5. The maximum absolute atomic E-state index is 13.4. The Kier molecular flexibility index (Phi) is 5.29. The standard InChI is InChI=1S/C22H27ClN6O2/c1-22(2)10-15(20(30)26-11-12-4-6-13(7-5-12)18(24)25)29-16(22)17(23)27-19(21(29)31)28(3)14-8-9-14/h4-7,14-15H,8-11H2,1-3H3,(H3,24,25)(H,26,30)/t15-/m0/s1. The van der Waals surface area contributed by atoms with Gasteiger partial charge in [0.25, 0.3) is 5.56 Å². The maximum Gasteiger partial charge on any atom is 0.294 e. The fourth-order valence-electron chi connectivity index (χ4n) is 4.26. The topological polar surface area (TPSA) is 117 Å². The van der Waals surface area contributed by atoms with Crippen LogP contribution < -0.4 is 21.5 Å². The lowest BCUT2D eigenvalue weighted by molar-refractivity contribution is -0.124. The first-order chi connectivity index (χ1) is 14.6. The highest BCUT2D eigenvalue weighted by molar-refractivity contribution is 6.30. The average Bonchev–Trinajstić information content (AvgIpc) is 3.52. The molecule has 0 bridgehead atoms. The number of nitrogens with two attached hydrogens (primary N) is 1. The molecule has 2 aliphatic rings. The first kappa shape index (κ1) is 21.4. The lowest BCUT2D eigenvalue weighted by atomic mass is 9.87. The third-order valence-electron chi connectivity index (χ3n) is 6.17. The predicted octanol–water partition coefficient (Wildman–Crippen LogP) is 2.32. The van der Waals surface area contributed by atoms with E-state index in [1.807, 2.05) is 37.9 Å². The first-order valence-electron chi connectivity index (χ1n) is 10.4. The number of carbonyl (C=O) groups is 1. The van der Waals surface area contributed by atoms with Gasteiger partial charge in [0.2, 0.25) is 5.91 Å². The summed E-state index contributed by atoms with van der Waals surface area (Å²) >= 11 is 6.53. The lowest BCUT2D eigenvalue weighted by Gasteiger charge is -2.22. The van der Waals surface area contributed by atoms with Gasteiger partial charge < -0.3 is 16.0 Å². The summed E-state index contributed by atoms with van der Waals surface area (Å²) in [6.45, 7) is 4.26. The average molecular weight is 443 g/mol. The van der Waals surface area contributed by atoms with E-state index in [-0.39, 0.29) is 22.5 Å². The fourth-order valence-corrected chi connectivity index (χ4v) is 4.69. The number of hydrogen-bond acceptors (Lipinski definition) is 5. The van der Waals surface area contributed by atoms with Crippen LogP contribution in [0.15, 0.2) is 29.1 Å². The van der Waals surface area contributed by atoms with E-state index >= 15 is 0 Å². The van der Waals surface area contributed by atoms with Crippen molar-refractivity contribution in [1.82, 2.24) is 14.9 Å². The molecule has 1 atom stereocenters. The van der Waals surface area contributed by atoms with Crippen LogP contribution in [0.4, 0.5) is 5.82 Å². The Morgan fingerprint density at radius 2 is 2.00 bits per heavy atom.